The number of carboxylic acid groups (broad SMARTS) is 1. The van der Waals surface area contributed by atoms with E-state index < -0.39 is 5.97 Å². The summed E-state index contributed by atoms with van der Waals surface area (Å²) in [7, 11) is 1.50. The Kier molecular flexibility index (Phi) is 3.01. The zero-order chi connectivity index (χ0) is 12.4. The van der Waals surface area contributed by atoms with Gasteiger partial charge in [-0.15, -0.1) is 21.5 Å². The summed E-state index contributed by atoms with van der Waals surface area (Å²) < 4.78 is 4.89. The molecule has 88 valence electrons. The van der Waals surface area contributed by atoms with Gasteiger partial charge in [0.15, 0.2) is 0 Å². The van der Waals surface area contributed by atoms with Crippen LogP contribution in [0.4, 0.5) is 0 Å². The van der Waals surface area contributed by atoms with Gasteiger partial charge in [-0.05, 0) is 13.0 Å². The van der Waals surface area contributed by atoms with Crippen LogP contribution in [0.15, 0.2) is 12.1 Å². The topological polar surface area (TPSA) is 85.2 Å². The molecule has 0 saturated carbocycles. The minimum absolute atomic E-state index is 0.220. The number of thiazole rings is 1. The second kappa shape index (κ2) is 4.46. The Morgan fingerprint density at radius 3 is 2.65 bits per heavy atom. The van der Waals surface area contributed by atoms with E-state index in [9.17, 15) is 4.79 Å². The number of nitrogens with zero attached hydrogens (tertiary/aromatic N) is 3. The molecule has 2 rings (SSSR count). The fraction of sp³-hybridized carbons (Fsp3) is 0.200. The molecule has 0 bridgehead atoms. The van der Waals surface area contributed by atoms with E-state index in [1.165, 1.54) is 7.11 Å². The van der Waals surface area contributed by atoms with Crippen molar-refractivity contribution < 1.29 is 14.6 Å². The molecule has 0 aliphatic carbocycles. The quantitative estimate of drug-likeness (QED) is 0.892. The van der Waals surface area contributed by atoms with Gasteiger partial charge in [0.1, 0.15) is 15.6 Å². The number of hydrogen-bond acceptors (Lipinski definition) is 6. The zero-order valence-corrected chi connectivity index (χ0v) is 9.98. The first-order valence-corrected chi connectivity index (χ1v) is 5.52. The van der Waals surface area contributed by atoms with Gasteiger partial charge in [-0.1, -0.05) is 0 Å². The molecule has 0 aromatic carbocycles. The van der Waals surface area contributed by atoms with Crippen LogP contribution in [-0.4, -0.2) is 33.4 Å². The maximum absolute atomic E-state index is 10.9. The van der Waals surface area contributed by atoms with Crippen LogP contribution < -0.4 is 4.74 Å². The Balaban J connectivity index is 2.39. The van der Waals surface area contributed by atoms with Crippen molar-refractivity contribution in [1.82, 2.24) is 15.2 Å². The predicted molar refractivity (Wildman–Crippen MR) is 61.4 cm³/mol. The van der Waals surface area contributed by atoms with Crippen LogP contribution in [0.1, 0.15) is 15.4 Å². The van der Waals surface area contributed by atoms with Crippen molar-refractivity contribution >= 4 is 17.3 Å². The van der Waals surface area contributed by atoms with Gasteiger partial charge in [0, 0.05) is 6.07 Å². The van der Waals surface area contributed by atoms with Crippen molar-refractivity contribution in [3.63, 3.8) is 0 Å². The van der Waals surface area contributed by atoms with Gasteiger partial charge in [0.2, 0.25) is 5.88 Å². The second-order valence-electron chi connectivity index (χ2n) is 3.20. The van der Waals surface area contributed by atoms with E-state index in [0.29, 0.717) is 22.3 Å². The molecule has 0 saturated heterocycles. The third-order valence-electron chi connectivity index (χ3n) is 2.06. The number of aromatic nitrogens is 3. The molecule has 2 aromatic heterocycles. The fourth-order valence-electron chi connectivity index (χ4n) is 1.25. The maximum Gasteiger partial charge on any atom is 0.347 e. The van der Waals surface area contributed by atoms with Gasteiger partial charge >= 0.3 is 5.97 Å². The van der Waals surface area contributed by atoms with E-state index in [1.807, 2.05) is 0 Å². The molecule has 2 aromatic rings. The Morgan fingerprint density at radius 1 is 1.41 bits per heavy atom. The summed E-state index contributed by atoms with van der Waals surface area (Å²) in [6, 6.07) is 3.34. The minimum Gasteiger partial charge on any atom is -0.480 e. The fourth-order valence-corrected chi connectivity index (χ4v) is 2.12. The van der Waals surface area contributed by atoms with Crippen LogP contribution in [0.5, 0.6) is 5.88 Å². The van der Waals surface area contributed by atoms with Crippen LogP contribution in [0.25, 0.3) is 10.7 Å². The first kappa shape index (κ1) is 11.5. The molecular weight excluding hydrogens is 242 g/mol. The Labute approximate surface area is 101 Å². The average Bonchev–Trinajstić information content (AvgIpc) is 2.71. The second-order valence-corrected chi connectivity index (χ2v) is 4.20. The summed E-state index contributed by atoms with van der Waals surface area (Å²) in [5, 5.41) is 17.2. The van der Waals surface area contributed by atoms with Crippen molar-refractivity contribution in [2.24, 2.45) is 0 Å². The van der Waals surface area contributed by atoms with Crippen LogP contribution in [0.3, 0.4) is 0 Å². The lowest BCUT2D eigenvalue weighted by molar-refractivity contribution is 0.0701. The van der Waals surface area contributed by atoms with Gasteiger partial charge in [0.25, 0.3) is 0 Å². The first-order valence-electron chi connectivity index (χ1n) is 4.70. The summed E-state index contributed by atoms with van der Waals surface area (Å²) >= 11 is 1.08. The van der Waals surface area contributed by atoms with Crippen molar-refractivity contribution in [2.45, 2.75) is 6.92 Å². The molecule has 0 aliphatic rings. The molecule has 0 atom stereocenters. The van der Waals surface area contributed by atoms with E-state index in [4.69, 9.17) is 9.84 Å². The molecule has 1 N–H and O–H groups in total. The van der Waals surface area contributed by atoms with Gasteiger partial charge in [-0.25, -0.2) is 9.78 Å². The number of aryl methyl sites for hydroxylation is 1. The Hall–Kier alpha value is -2.02. The molecule has 0 amide bonds. The van der Waals surface area contributed by atoms with E-state index >= 15 is 0 Å². The molecule has 2 heterocycles. The number of hydrogen-bond donors (Lipinski definition) is 1. The molecule has 0 fully saturated rings. The summed E-state index contributed by atoms with van der Waals surface area (Å²) in [5.74, 6) is -0.576. The molecular formula is C10H9N3O3S. The Bertz CT molecular complexity index is 550. The summed E-state index contributed by atoms with van der Waals surface area (Å²) in [4.78, 5) is 15.3. The van der Waals surface area contributed by atoms with Crippen LogP contribution in [-0.2, 0) is 0 Å². The highest BCUT2D eigenvalue weighted by atomic mass is 32.1. The molecule has 0 spiro atoms. The smallest absolute Gasteiger partial charge is 0.347 e. The lowest BCUT2D eigenvalue weighted by Crippen LogP contribution is -1.94. The molecule has 17 heavy (non-hydrogen) atoms. The van der Waals surface area contributed by atoms with Gasteiger partial charge < -0.3 is 9.84 Å². The summed E-state index contributed by atoms with van der Waals surface area (Å²) in [6.45, 7) is 1.65. The summed E-state index contributed by atoms with van der Waals surface area (Å²) in [6.07, 6.45) is 0. The van der Waals surface area contributed by atoms with Crippen molar-refractivity contribution in [3.8, 4) is 16.6 Å². The third-order valence-corrected chi connectivity index (χ3v) is 3.23. The van der Waals surface area contributed by atoms with Gasteiger partial charge in [0.05, 0.1) is 12.8 Å². The van der Waals surface area contributed by atoms with Crippen molar-refractivity contribution in [3.05, 3.63) is 22.7 Å². The molecule has 0 unspecified atom stereocenters. The van der Waals surface area contributed by atoms with E-state index in [2.05, 4.69) is 15.2 Å². The van der Waals surface area contributed by atoms with Crippen LogP contribution >= 0.6 is 11.3 Å². The number of methoxy groups -OCH3 is 1. The number of rotatable bonds is 3. The lowest BCUT2D eigenvalue weighted by Gasteiger charge is -1.97. The van der Waals surface area contributed by atoms with Gasteiger partial charge in [-0.2, -0.15) is 0 Å². The number of carbonyl (C=O) groups is 1. The standard InChI is InChI=1S/C10H9N3O3S/c1-5-8(10(14)15)17-9(11-5)6-3-4-7(16-2)13-12-6/h3-4H,1-2H3,(H,14,15). The largest absolute Gasteiger partial charge is 0.480 e. The van der Waals surface area contributed by atoms with Crippen LogP contribution in [0, 0.1) is 6.92 Å². The molecule has 7 heteroatoms. The van der Waals surface area contributed by atoms with Gasteiger partial charge in [-0.3, -0.25) is 0 Å². The monoisotopic (exact) mass is 251 g/mol. The highest BCUT2D eigenvalue weighted by Crippen LogP contribution is 2.26. The SMILES string of the molecule is COc1ccc(-c2nc(C)c(C(=O)O)s2)nn1. The molecule has 6 nitrogen and oxygen atoms in total. The number of carboxylic acids is 1. The Morgan fingerprint density at radius 2 is 2.18 bits per heavy atom. The third kappa shape index (κ3) is 2.23. The highest BCUT2D eigenvalue weighted by Gasteiger charge is 2.15. The van der Waals surface area contributed by atoms with Crippen LogP contribution in [0.2, 0.25) is 0 Å². The van der Waals surface area contributed by atoms with E-state index in [0.717, 1.165) is 11.3 Å². The van der Waals surface area contributed by atoms with Crippen molar-refractivity contribution in [1.29, 1.82) is 0 Å². The average molecular weight is 251 g/mol. The summed E-state index contributed by atoms with van der Waals surface area (Å²) in [5.41, 5.74) is 1.02. The maximum atomic E-state index is 10.9. The number of aromatic carboxylic acids is 1. The normalized spacial score (nSPS) is 10.2. The molecule has 0 radical (unpaired) electrons. The van der Waals surface area contributed by atoms with E-state index in [1.54, 1.807) is 19.1 Å². The lowest BCUT2D eigenvalue weighted by atomic mass is 10.4. The van der Waals surface area contributed by atoms with E-state index in [-0.39, 0.29) is 4.88 Å². The number of ether oxygens (including phenoxy) is 1. The molecule has 0 aliphatic heterocycles. The predicted octanol–water partition coefficient (Wildman–Crippen LogP) is 1.62. The first-order chi connectivity index (χ1) is 8.11. The highest BCUT2D eigenvalue weighted by molar-refractivity contribution is 7.16. The minimum atomic E-state index is -0.979. The zero-order valence-electron chi connectivity index (χ0n) is 9.17. The van der Waals surface area contributed by atoms with Crippen molar-refractivity contribution in [2.75, 3.05) is 7.11 Å².